The van der Waals surface area contributed by atoms with Gasteiger partial charge in [0.1, 0.15) is 11.5 Å². The second-order valence-corrected chi connectivity index (χ2v) is 5.00. The van der Waals surface area contributed by atoms with Crippen molar-refractivity contribution in [1.82, 2.24) is 5.16 Å². The van der Waals surface area contributed by atoms with Crippen LogP contribution in [-0.2, 0) is 18.0 Å². The molecule has 0 radical (unpaired) electrons. The monoisotopic (exact) mass is 239 g/mol. The number of aliphatic hydroxyl groups excluding tert-OH is 1. The summed E-state index contributed by atoms with van der Waals surface area (Å²) in [5, 5.41) is 13.4. The Labute approximate surface area is 102 Å². The molecule has 17 heavy (non-hydrogen) atoms. The molecule has 2 rings (SSSR count). The molecule has 1 heterocycles. The fraction of sp³-hybridized carbons (Fsp3) is 0.769. The maximum atomic E-state index is 9.37. The van der Waals surface area contributed by atoms with Crippen molar-refractivity contribution < 1.29 is 14.4 Å². The molecule has 0 bridgehead atoms. The van der Waals surface area contributed by atoms with Gasteiger partial charge in [-0.15, -0.1) is 0 Å². The molecular formula is C13H21NO3. The van der Waals surface area contributed by atoms with Gasteiger partial charge in [-0.1, -0.05) is 31.8 Å². The second-order valence-electron chi connectivity index (χ2n) is 5.00. The highest BCUT2D eigenvalue weighted by Gasteiger charge is 2.20. The van der Waals surface area contributed by atoms with Gasteiger partial charge in [0, 0.05) is 11.5 Å². The summed E-state index contributed by atoms with van der Waals surface area (Å²) >= 11 is 0. The van der Waals surface area contributed by atoms with Crippen LogP contribution in [0.5, 0.6) is 0 Å². The Kier molecular flexibility index (Phi) is 4.18. The Morgan fingerprint density at radius 1 is 1.41 bits per heavy atom. The van der Waals surface area contributed by atoms with Gasteiger partial charge in [0.2, 0.25) is 0 Å². The summed E-state index contributed by atoms with van der Waals surface area (Å²) < 4.78 is 11.1. The smallest absolute Gasteiger partial charge is 0.145 e. The molecule has 0 spiro atoms. The SMILES string of the molecule is CC(C)c1onc(COC2CCCC2)c1CO. The van der Waals surface area contributed by atoms with Gasteiger partial charge in [0.25, 0.3) is 0 Å². The highest BCUT2D eigenvalue weighted by atomic mass is 16.5. The van der Waals surface area contributed by atoms with Crippen LogP contribution >= 0.6 is 0 Å². The predicted molar refractivity (Wildman–Crippen MR) is 63.6 cm³/mol. The van der Waals surface area contributed by atoms with Gasteiger partial charge < -0.3 is 14.4 Å². The molecule has 4 nitrogen and oxygen atoms in total. The highest BCUT2D eigenvalue weighted by Crippen LogP contribution is 2.26. The van der Waals surface area contributed by atoms with Crippen molar-refractivity contribution in [3.8, 4) is 0 Å². The van der Waals surface area contributed by atoms with E-state index < -0.39 is 0 Å². The van der Waals surface area contributed by atoms with E-state index in [9.17, 15) is 5.11 Å². The van der Waals surface area contributed by atoms with Crippen LogP contribution in [0.25, 0.3) is 0 Å². The lowest BCUT2D eigenvalue weighted by atomic mass is 10.1. The first-order chi connectivity index (χ1) is 8.22. The lowest BCUT2D eigenvalue weighted by Gasteiger charge is -2.10. The van der Waals surface area contributed by atoms with Crippen molar-refractivity contribution in [2.24, 2.45) is 0 Å². The van der Waals surface area contributed by atoms with Gasteiger partial charge in [-0.2, -0.15) is 0 Å². The fourth-order valence-electron chi connectivity index (χ4n) is 2.34. The van der Waals surface area contributed by atoms with E-state index in [-0.39, 0.29) is 12.5 Å². The van der Waals surface area contributed by atoms with Crippen LogP contribution in [0.15, 0.2) is 4.52 Å². The first kappa shape index (κ1) is 12.6. The number of aromatic nitrogens is 1. The summed E-state index contributed by atoms with van der Waals surface area (Å²) in [6, 6.07) is 0. The van der Waals surface area contributed by atoms with E-state index in [0.717, 1.165) is 29.9 Å². The molecule has 1 aromatic heterocycles. The largest absolute Gasteiger partial charge is 0.391 e. The highest BCUT2D eigenvalue weighted by molar-refractivity contribution is 5.23. The minimum atomic E-state index is -0.0274. The molecule has 0 amide bonds. The van der Waals surface area contributed by atoms with E-state index in [2.05, 4.69) is 5.16 Å². The molecular weight excluding hydrogens is 218 g/mol. The van der Waals surface area contributed by atoms with Gasteiger partial charge in [-0.05, 0) is 12.8 Å². The Bertz CT molecular complexity index is 354. The topological polar surface area (TPSA) is 55.5 Å². The molecule has 1 aromatic rings. The Morgan fingerprint density at radius 3 is 2.71 bits per heavy atom. The molecule has 0 unspecified atom stereocenters. The second kappa shape index (κ2) is 5.65. The van der Waals surface area contributed by atoms with E-state index in [1.54, 1.807) is 0 Å². The summed E-state index contributed by atoms with van der Waals surface area (Å²) in [4.78, 5) is 0. The van der Waals surface area contributed by atoms with Gasteiger partial charge in [-0.3, -0.25) is 0 Å². The van der Waals surface area contributed by atoms with Crippen molar-refractivity contribution in [3.63, 3.8) is 0 Å². The zero-order chi connectivity index (χ0) is 12.3. The molecule has 1 aliphatic carbocycles. The van der Waals surface area contributed by atoms with Gasteiger partial charge in [0.15, 0.2) is 0 Å². The number of hydrogen-bond acceptors (Lipinski definition) is 4. The summed E-state index contributed by atoms with van der Waals surface area (Å²) in [5.41, 5.74) is 1.56. The lowest BCUT2D eigenvalue weighted by Crippen LogP contribution is -2.08. The number of ether oxygens (including phenoxy) is 1. The van der Waals surface area contributed by atoms with E-state index in [0.29, 0.717) is 12.7 Å². The average Bonchev–Trinajstić information content (AvgIpc) is 2.95. The van der Waals surface area contributed by atoms with Crippen LogP contribution in [0.4, 0.5) is 0 Å². The third-order valence-corrected chi connectivity index (χ3v) is 3.34. The molecule has 96 valence electrons. The lowest BCUT2D eigenvalue weighted by molar-refractivity contribution is 0.0415. The third-order valence-electron chi connectivity index (χ3n) is 3.34. The van der Waals surface area contributed by atoms with Gasteiger partial charge in [-0.25, -0.2) is 0 Å². The van der Waals surface area contributed by atoms with Crippen molar-refractivity contribution in [2.75, 3.05) is 0 Å². The number of nitrogens with zero attached hydrogens (tertiary/aromatic N) is 1. The van der Waals surface area contributed by atoms with Crippen LogP contribution in [0.3, 0.4) is 0 Å². The van der Waals surface area contributed by atoms with Crippen LogP contribution in [0.1, 0.15) is 62.5 Å². The average molecular weight is 239 g/mol. The maximum absolute atomic E-state index is 9.37. The molecule has 1 fully saturated rings. The predicted octanol–water partition coefficient (Wildman–Crippen LogP) is 2.75. The molecule has 0 aromatic carbocycles. The molecule has 0 atom stereocenters. The molecule has 4 heteroatoms. The summed E-state index contributed by atoms with van der Waals surface area (Å²) in [7, 11) is 0. The van der Waals surface area contributed by atoms with E-state index in [4.69, 9.17) is 9.26 Å². The van der Waals surface area contributed by atoms with Crippen molar-refractivity contribution in [3.05, 3.63) is 17.0 Å². The zero-order valence-corrected chi connectivity index (χ0v) is 10.6. The van der Waals surface area contributed by atoms with Crippen LogP contribution in [-0.4, -0.2) is 16.4 Å². The van der Waals surface area contributed by atoms with Gasteiger partial charge >= 0.3 is 0 Å². The minimum absolute atomic E-state index is 0.0274. The number of aliphatic hydroxyl groups is 1. The van der Waals surface area contributed by atoms with Crippen molar-refractivity contribution >= 4 is 0 Å². The van der Waals surface area contributed by atoms with Gasteiger partial charge in [0.05, 0.1) is 19.3 Å². The Balaban J connectivity index is 1.99. The van der Waals surface area contributed by atoms with E-state index in [1.807, 2.05) is 13.8 Å². The first-order valence-electron chi connectivity index (χ1n) is 6.42. The maximum Gasteiger partial charge on any atom is 0.145 e. The van der Waals surface area contributed by atoms with Crippen LogP contribution < -0.4 is 0 Å². The zero-order valence-electron chi connectivity index (χ0n) is 10.6. The first-order valence-corrected chi connectivity index (χ1v) is 6.42. The molecule has 1 N–H and O–H groups in total. The van der Waals surface area contributed by atoms with Crippen molar-refractivity contribution in [1.29, 1.82) is 0 Å². The fourth-order valence-corrected chi connectivity index (χ4v) is 2.34. The Morgan fingerprint density at radius 2 is 2.12 bits per heavy atom. The summed E-state index contributed by atoms with van der Waals surface area (Å²) in [5.74, 6) is 1.02. The molecule has 0 saturated heterocycles. The normalized spacial score (nSPS) is 17.2. The summed E-state index contributed by atoms with van der Waals surface area (Å²) in [6.07, 6.45) is 5.16. The number of hydrogen-bond donors (Lipinski definition) is 1. The van der Waals surface area contributed by atoms with E-state index >= 15 is 0 Å². The van der Waals surface area contributed by atoms with Crippen molar-refractivity contribution in [2.45, 2.75) is 64.8 Å². The number of rotatable bonds is 5. The molecule has 1 aliphatic rings. The van der Waals surface area contributed by atoms with Crippen LogP contribution in [0, 0.1) is 0 Å². The molecule has 0 aliphatic heterocycles. The van der Waals surface area contributed by atoms with E-state index in [1.165, 1.54) is 12.8 Å². The van der Waals surface area contributed by atoms with Crippen LogP contribution in [0.2, 0.25) is 0 Å². The molecule has 1 saturated carbocycles. The standard InChI is InChI=1S/C13H21NO3/c1-9(2)13-11(7-15)12(14-17-13)8-16-10-5-3-4-6-10/h9-10,15H,3-8H2,1-2H3. The Hall–Kier alpha value is -0.870. The quantitative estimate of drug-likeness (QED) is 0.858. The minimum Gasteiger partial charge on any atom is -0.391 e. The third kappa shape index (κ3) is 2.87. The summed E-state index contributed by atoms with van der Waals surface area (Å²) in [6.45, 7) is 4.49.